The average molecular weight is 269 g/mol. The highest BCUT2D eigenvalue weighted by Gasteiger charge is 2.43. The van der Waals surface area contributed by atoms with E-state index in [-0.39, 0.29) is 17.9 Å². The highest BCUT2D eigenvalue weighted by molar-refractivity contribution is 5.85. The molecule has 4 nitrogen and oxygen atoms in total. The van der Waals surface area contributed by atoms with E-state index in [1.54, 1.807) is 11.9 Å². The third-order valence-electron chi connectivity index (χ3n) is 4.80. The highest BCUT2D eigenvalue weighted by atomic mass is 16.4. The van der Waals surface area contributed by atoms with Gasteiger partial charge >= 0.3 is 5.97 Å². The van der Waals surface area contributed by atoms with E-state index in [0.717, 1.165) is 12.8 Å². The first kappa shape index (κ1) is 16.0. The molecule has 0 aliphatic heterocycles. The summed E-state index contributed by atoms with van der Waals surface area (Å²) in [4.78, 5) is 25.6. The maximum Gasteiger partial charge on any atom is 0.307 e. The third-order valence-corrected chi connectivity index (χ3v) is 4.80. The van der Waals surface area contributed by atoms with Gasteiger partial charge in [0.05, 0.1) is 11.8 Å². The SMILES string of the molecule is CCC1C[C@H](C(=O)N(C)C(C)C(C)C)[C@H](C(=O)O)C1. The highest BCUT2D eigenvalue weighted by Crippen LogP contribution is 2.39. The minimum absolute atomic E-state index is 0.00421. The lowest BCUT2D eigenvalue weighted by atomic mass is 9.93. The van der Waals surface area contributed by atoms with E-state index >= 15 is 0 Å². The van der Waals surface area contributed by atoms with Crippen LogP contribution in [0.4, 0.5) is 0 Å². The summed E-state index contributed by atoms with van der Waals surface area (Å²) in [6.07, 6.45) is 2.32. The normalized spacial score (nSPS) is 28.4. The van der Waals surface area contributed by atoms with Crippen LogP contribution < -0.4 is 0 Å². The Morgan fingerprint density at radius 2 is 1.74 bits per heavy atom. The van der Waals surface area contributed by atoms with Crippen molar-refractivity contribution in [1.82, 2.24) is 4.90 Å². The molecule has 1 N–H and O–H groups in total. The number of hydrogen-bond acceptors (Lipinski definition) is 2. The van der Waals surface area contributed by atoms with Crippen LogP contribution in [0.3, 0.4) is 0 Å². The molecule has 0 radical (unpaired) electrons. The van der Waals surface area contributed by atoms with Gasteiger partial charge in [0.15, 0.2) is 0 Å². The van der Waals surface area contributed by atoms with Crippen molar-refractivity contribution in [2.45, 2.75) is 53.0 Å². The van der Waals surface area contributed by atoms with E-state index in [9.17, 15) is 14.7 Å². The van der Waals surface area contributed by atoms with Crippen LogP contribution in [0.1, 0.15) is 47.0 Å². The molecule has 1 aliphatic rings. The van der Waals surface area contributed by atoms with E-state index in [1.807, 2.05) is 6.92 Å². The van der Waals surface area contributed by atoms with Crippen LogP contribution in [-0.2, 0) is 9.59 Å². The zero-order valence-electron chi connectivity index (χ0n) is 12.7. The molecule has 4 heteroatoms. The van der Waals surface area contributed by atoms with Crippen LogP contribution in [0.5, 0.6) is 0 Å². The number of rotatable bonds is 5. The minimum Gasteiger partial charge on any atom is -0.481 e. The van der Waals surface area contributed by atoms with E-state index in [0.29, 0.717) is 18.3 Å². The Balaban J connectivity index is 2.81. The van der Waals surface area contributed by atoms with Crippen molar-refractivity contribution in [1.29, 1.82) is 0 Å². The Labute approximate surface area is 116 Å². The van der Waals surface area contributed by atoms with Crippen molar-refractivity contribution < 1.29 is 14.7 Å². The molecule has 0 bridgehead atoms. The van der Waals surface area contributed by atoms with Crippen LogP contribution in [0, 0.1) is 23.7 Å². The second kappa shape index (κ2) is 6.40. The van der Waals surface area contributed by atoms with Gasteiger partial charge in [0.1, 0.15) is 0 Å². The molecule has 0 spiro atoms. The Kier molecular flexibility index (Phi) is 5.39. The summed E-state index contributed by atoms with van der Waals surface area (Å²) in [7, 11) is 1.80. The topological polar surface area (TPSA) is 57.6 Å². The number of carbonyl (C=O) groups excluding carboxylic acids is 1. The second-order valence-corrected chi connectivity index (χ2v) is 6.23. The van der Waals surface area contributed by atoms with Gasteiger partial charge in [-0.05, 0) is 31.6 Å². The largest absolute Gasteiger partial charge is 0.481 e. The molecule has 0 aromatic rings. The number of amides is 1. The fraction of sp³-hybridized carbons (Fsp3) is 0.867. The van der Waals surface area contributed by atoms with Gasteiger partial charge < -0.3 is 10.0 Å². The van der Waals surface area contributed by atoms with Gasteiger partial charge in [-0.25, -0.2) is 0 Å². The zero-order chi connectivity index (χ0) is 14.7. The standard InChI is InChI=1S/C15H27NO3/c1-6-11-7-12(13(8-11)15(18)19)14(17)16(5)10(4)9(2)3/h9-13H,6-8H2,1-5H3,(H,18,19)/t10?,11?,12-,13+/m0/s1. The van der Waals surface area contributed by atoms with Crippen LogP contribution in [0.2, 0.25) is 0 Å². The molecule has 19 heavy (non-hydrogen) atoms. The third kappa shape index (κ3) is 3.48. The molecule has 110 valence electrons. The van der Waals surface area contributed by atoms with Crippen LogP contribution in [0.15, 0.2) is 0 Å². The molecule has 0 aromatic carbocycles. The number of aliphatic carboxylic acids is 1. The maximum atomic E-state index is 12.5. The van der Waals surface area contributed by atoms with Crippen molar-refractivity contribution in [3.63, 3.8) is 0 Å². The van der Waals surface area contributed by atoms with Crippen molar-refractivity contribution in [3.05, 3.63) is 0 Å². The van der Waals surface area contributed by atoms with Crippen molar-refractivity contribution in [3.8, 4) is 0 Å². The summed E-state index contributed by atoms with van der Waals surface area (Å²) in [5.74, 6) is -0.907. The number of carbonyl (C=O) groups is 2. The molecule has 1 amide bonds. The van der Waals surface area contributed by atoms with E-state index in [2.05, 4.69) is 20.8 Å². The number of hydrogen-bond donors (Lipinski definition) is 1. The van der Waals surface area contributed by atoms with Crippen LogP contribution in [-0.4, -0.2) is 35.0 Å². The van der Waals surface area contributed by atoms with Crippen molar-refractivity contribution in [2.75, 3.05) is 7.05 Å². The smallest absolute Gasteiger partial charge is 0.307 e. The summed E-state index contributed by atoms with van der Waals surface area (Å²) in [5.41, 5.74) is 0. The number of carboxylic acids is 1. The quantitative estimate of drug-likeness (QED) is 0.834. The van der Waals surface area contributed by atoms with Crippen molar-refractivity contribution in [2.24, 2.45) is 23.7 Å². The summed E-state index contributed by atoms with van der Waals surface area (Å²) in [6, 6.07) is 0.141. The molecular formula is C15H27NO3. The van der Waals surface area contributed by atoms with Crippen molar-refractivity contribution >= 4 is 11.9 Å². The predicted molar refractivity (Wildman–Crippen MR) is 74.7 cm³/mol. The number of carboxylic acid groups (broad SMARTS) is 1. The first-order chi connectivity index (χ1) is 8.79. The number of nitrogens with zero attached hydrogens (tertiary/aromatic N) is 1. The molecule has 0 heterocycles. The monoisotopic (exact) mass is 269 g/mol. The first-order valence-corrected chi connectivity index (χ1v) is 7.29. The van der Waals surface area contributed by atoms with E-state index in [1.165, 1.54) is 0 Å². The predicted octanol–water partition coefficient (Wildman–Crippen LogP) is 2.63. The van der Waals surface area contributed by atoms with Gasteiger partial charge in [0, 0.05) is 13.1 Å². The summed E-state index contributed by atoms with van der Waals surface area (Å²) >= 11 is 0. The lowest BCUT2D eigenvalue weighted by Gasteiger charge is -2.31. The Morgan fingerprint density at radius 1 is 1.21 bits per heavy atom. The molecule has 1 rings (SSSR count). The van der Waals surface area contributed by atoms with Crippen LogP contribution >= 0.6 is 0 Å². The molecule has 0 aromatic heterocycles. The summed E-state index contributed by atoms with van der Waals surface area (Å²) < 4.78 is 0. The molecule has 1 fully saturated rings. The van der Waals surface area contributed by atoms with E-state index < -0.39 is 11.9 Å². The Bertz CT molecular complexity index is 340. The molecule has 1 saturated carbocycles. The molecular weight excluding hydrogens is 242 g/mol. The van der Waals surface area contributed by atoms with Gasteiger partial charge in [-0.3, -0.25) is 9.59 Å². The van der Waals surface area contributed by atoms with Gasteiger partial charge in [-0.1, -0.05) is 27.2 Å². The Hall–Kier alpha value is -1.06. The lowest BCUT2D eigenvalue weighted by Crippen LogP contribution is -2.43. The van der Waals surface area contributed by atoms with Gasteiger partial charge in [-0.15, -0.1) is 0 Å². The maximum absolute atomic E-state index is 12.5. The minimum atomic E-state index is -0.820. The zero-order valence-corrected chi connectivity index (χ0v) is 12.7. The Morgan fingerprint density at radius 3 is 2.16 bits per heavy atom. The lowest BCUT2D eigenvalue weighted by molar-refractivity contribution is -0.149. The van der Waals surface area contributed by atoms with Gasteiger partial charge in [0.2, 0.25) is 5.91 Å². The van der Waals surface area contributed by atoms with Crippen LogP contribution in [0.25, 0.3) is 0 Å². The molecule has 1 aliphatic carbocycles. The summed E-state index contributed by atoms with van der Waals surface area (Å²) in [5, 5.41) is 9.30. The molecule has 2 unspecified atom stereocenters. The molecule has 0 saturated heterocycles. The average Bonchev–Trinajstić information content (AvgIpc) is 2.80. The fourth-order valence-electron chi connectivity index (χ4n) is 2.93. The second-order valence-electron chi connectivity index (χ2n) is 6.23. The van der Waals surface area contributed by atoms with Gasteiger partial charge in [-0.2, -0.15) is 0 Å². The van der Waals surface area contributed by atoms with E-state index in [4.69, 9.17) is 0 Å². The first-order valence-electron chi connectivity index (χ1n) is 7.29. The molecule has 4 atom stereocenters. The summed E-state index contributed by atoms with van der Waals surface area (Å²) in [6.45, 7) is 8.24. The fourth-order valence-corrected chi connectivity index (χ4v) is 2.93. The van der Waals surface area contributed by atoms with Gasteiger partial charge in [0.25, 0.3) is 0 Å².